The first kappa shape index (κ1) is 20.1. The zero-order chi connectivity index (χ0) is 21.3. The summed E-state index contributed by atoms with van der Waals surface area (Å²) in [6.45, 7) is 6.24. The first-order chi connectivity index (χ1) is 14.3. The number of nitrogens with one attached hydrogen (secondary N) is 2. The number of hydrogen-bond donors (Lipinski definition) is 3. The summed E-state index contributed by atoms with van der Waals surface area (Å²) in [6.07, 6.45) is 5.67. The van der Waals surface area contributed by atoms with E-state index in [4.69, 9.17) is 15.7 Å². The molecule has 156 valence electrons. The SMILES string of the molecule is CC(C)(C)Nc1ncc2nc(Nc3cccc(C#N)c3)n([C@H]3CC[C@H](N)CC3)c2n1. The minimum Gasteiger partial charge on any atom is -0.350 e. The van der Waals surface area contributed by atoms with Crippen molar-refractivity contribution >= 4 is 28.7 Å². The summed E-state index contributed by atoms with van der Waals surface area (Å²) < 4.78 is 2.18. The summed E-state index contributed by atoms with van der Waals surface area (Å²) in [5, 5.41) is 16.0. The summed E-state index contributed by atoms with van der Waals surface area (Å²) in [6, 6.07) is 10.1. The first-order valence-corrected chi connectivity index (χ1v) is 10.4. The molecule has 4 rings (SSSR count). The van der Waals surface area contributed by atoms with Crippen molar-refractivity contribution in [2.45, 2.75) is 64.1 Å². The van der Waals surface area contributed by atoms with Crippen LogP contribution in [0.2, 0.25) is 0 Å². The molecule has 0 atom stereocenters. The second kappa shape index (κ2) is 7.92. The first-order valence-electron chi connectivity index (χ1n) is 10.4. The lowest BCUT2D eigenvalue weighted by Crippen LogP contribution is -2.29. The van der Waals surface area contributed by atoms with Crippen LogP contribution in [0.4, 0.5) is 17.6 Å². The summed E-state index contributed by atoms with van der Waals surface area (Å²) in [5.74, 6) is 1.30. The maximum absolute atomic E-state index is 9.21. The van der Waals surface area contributed by atoms with Crippen LogP contribution >= 0.6 is 0 Å². The van der Waals surface area contributed by atoms with E-state index >= 15 is 0 Å². The third-order valence-electron chi connectivity index (χ3n) is 5.27. The Balaban J connectivity index is 1.77. The van der Waals surface area contributed by atoms with E-state index in [2.05, 4.69) is 47.0 Å². The summed E-state index contributed by atoms with van der Waals surface area (Å²) in [7, 11) is 0. The molecule has 3 aromatic rings. The standard InChI is InChI=1S/C22H28N8/c1-22(2,3)29-20-25-13-18-19(28-20)30(17-9-7-15(24)8-10-17)21(27-18)26-16-6-4-5-14(11-16)12-23/h4-6,11,13,15,17H,7-10,24H2,1-3H3,(H,26,27)(H,25,28,29)/t15-,17-. The van der Waals surface area contributed by atoms with Gasteiger partial charge in [-0.05, 0) is 64.7 Å². The summed E-state index contributed by atoms with van der Waals surface area (Å²) in [5.41, 5.74) is 8.96. The predicted molar refractivity (Wildman–Crippen MR) is 119 cm³/mol. The molecule has 2 aromatic heterocycles. The lowest BCUT2D eigenvalue weighted by molar-refractivity contribution is 0.330. The molecule has 30 heavy (non-hydrogen) atoms. The second-order valence-corrected chi connectivity index (χ2v) is 8.97. The number of benzene rings is 1. The van der Waals surface area contributed by atoms with Gasteiger partial charge in [-0.1, -0.05) is 6.07 Å². The molecule has 0 unspecified atom stereocenters. The van der Waals surface area contributed by atoms with Crippen LogP contribution in [0, 0.1) is 11.3 Å². The van der Waals surface area contributed by atoms with Crippen LogP contribution in [0.1, 0.15) is 58.1 Å². The molecular formula is C22H28N8. The van der Waals surface area contributed by atoms with Crippen molar-refractivity contribution in [3.63, 3.8) is 0 Å². The van der Waals surface area contributed by atoms with Crippen LogP contribution in [0.5, 0.6) is 0 Å². The van der Waals surface area contributed by atoms with E-state index < -0.39 is 0 Å². The highest BCUT2D eigenvalue weighted by atomic mass is 15.3. The van der Waals surface area contributed by atoms with Gasteiger partial charge in [-0.25, -0.2) is 9.97 Å². The zero-order valence-corrected chi connectivity index (χ0v) is 17.7. The molecule has 0 saturated heterocycles. The van der Waals surface area contributed by atoms with Crippen molar-refractivity contribution in [3.05, 3.63) is 36.0 Å². The van der Waals surface area contributed by atoms with Crippen molar-refractivity contribution in [1.29, 1.82) is 5.26 Å². The van der Waals surface area contributed by atoms with Crippen LogP contribution in [0.3, 0.4) is 0 Å². The van der Waals surface area contributed by atoms with E-state index in [1.165, 1.54) is 0 Å². The molecule has 1 aromatic carbocycles. The molecule has 0 aliphatic heterocycles. The van der Waals surface area contributed by atoms with E-state index in [0.717, 1.165) is 42.5 Å². The van der Waals surface area contributed by atoms with Crippen molar-refractivity contribution in [3.8, 4) is 6.07 Å². The van der Waals surface area contributed by atoms with Crippen molar-refractivity contribution in [2.75, 3.05) is 10.6 Å². The van der Waals surface area contributed by atoms with Gasteiger partial charge in [-0.3, -0.25) is 4.57 Å². The van der Waals surface area contributed by atoms with Gasteiger partial charge in [0.2, 0.25) is 11.9 Å². The molecule has 8 nitrogen and oxygen atoms in total. The molecule has 1 aliphatic carbocycles. The lowest BCUT2D eigenvalue weighted by atomic mass is 9.91. The topological polar surface area (TPSA) is 117 Å². The van der Waals surface area contributed by atoms with Gasteiger partial charge in [0.15, 0.2) is 5.65 Å². The fourth-order valence-electron chi connectivity index (χ4n) is 3.88. The molecule has 8 heteroatoms. The van der Waals surface area contributed by atoms with Crippen molar-refractivity contribution in [2.24, 2.45) is 5.73 Å². The number of nitriles is 1. The number of aromatic nitrogens is 4. The Morgan fingerprint density at radius 3 is 2.63 bits per heavy atom. The summed E-state index contributed by atoms with van der Waals surface area (Å²) >= 11 is 0. The Kier molecular flexibility index (Phi) is 5.31. The summed E-state index contributed by atoms with van der Waals surface area (Å²) in [4.78, 5) is 14.0. The third kappa shape index (κ3) is 4.36. The van der Waals surface area contributed by atoms with E-state index in [9.17, 15) is 5.26 Å². The van der Waals surface area contributed by atoms with Crippen LogP contribution in [0.15, 0.2) is 30.5 Å². The minimum absolute atomic E-state index is 0.144. The van der Waals surface area contributed by atoms with Gasteiger partial charge < -0.3 is 16.4 Å². The average molecular weight is 405 g/mol. The largest absolute Gasteiger partial charge is 0.350 e. The fourth-order valence-corrected chi connectivity index (χ4v) is 3.88. The highest BCUT2D eigenvalue weighted by Gasteiger charge is 2.26. The van der Waals surface area contributed by atoms with Gasteiger partial charge in [-0.15, -0.1) is 0 Å². The molecule has 0 amide bonds. The number of rotatable bonds is 4. The molecule has 2 heterocycles. The smallest absolute Gasteiger partial charge is 0.225 e. The highest BCUT2D eigenvalue weighted by Crippen LogP contribution is 2.34. The van der Waals surface area contributed by atoms with E-state index in [0.29, 0.717) is 17.5 Å². The van der Waals surface area contributed by atoms with Gasteiger partial charge in [-0.2, -0.15) is 10.2 Å². The maximum Gasteiger partial charge on any atom is 0.225 e. The Labute approximate surface area is 176 Å². The van der Waals surface area contributed by atoms with Gasteiger partial charge in [0, 0.05) is 23.3 Å². The molecule has 1 saturated carbocycles. The number of imidazole rings is 1. The molecule has 0 bridgehead atoms. The second-order valence-electron chi connectivity index (χ2n) is 8.97. The lowest BCUT2D eigenvalue weighted by Gasteiger charge is -2.28. The van der Waals surface area contributed by atoms with Gasteiger partial charge in [0.1, 0.15) is 5.52 Å². The Morgan fingerprint density at radius 2 is 1.93 bits per heavy atom. The highest BCUT2D eigenvalue weighted by molar-refractivity contribution is 5.76. The minimum atomic E-state index is -0.144. The normalized spacial score (nSPS) is 19.4. The van der Waals surface area contributed by atoms with Crippen LogP contribution in [0.25, 0.3) is 11.2 Å². The Bertz CT molecular complexity index is 1080. The predicted octanol–water partition coefficient (Wildman–Crippen LogP) is 4.09. The number of nitrogens with zero attached hydrogens (tertiary/aromatic N) is 5. The maximum atomic E-state index is 9.21. The van der Waals surface area contributed by atoms with E-state index in [-0.39, 0.29) is 17.6 Å². The van der Waals surface area contributed by atoms with Crippen LogP contribution < -0.4 is 16.4 Å². The van der Waals surface area contributed by atoms with Gasteiger partial charge >= 0.3 is 0 Å². The molecule has 1 aliphatic rings. The molecule has 0 radical (unpaired) electrons. The quantitative estimate of drug-likeness (QED) is 0.599. The third-order valence-corrected chi connectivity index (χ3v) is 5.27. The Hall–Kier alpha value is -3.18. The number of hydrogen-bond acceptors (Lipinski definition) is 7. The molecule has 1 fully saturated rings. The number of nitrogens with two attached hydrogens (primary N) is 1. The van der Waals surface area contributed by atoms with Crippen molar-refractivity contribution < 1.29 is 0 Å². The van der Waals surface area contributed by atoms with Crippen LogP contribution in [-0.4, -0.2) is 31.1 Å². The molecule has 4 N–H and O–H groups in total. The number of fused-ring (bicyclic) bond motifs is 1. The van der Waals surface area contributed by atoms with Gasteiger partial charge in [0.25, 0.3) is 0 Å². The zero-order valence-electron chi connectivity index (χ0n) is 17.7. The monoisotopic (exact) mass is 404 g/mol. The molecular weight excluding hydrogens is 376 g/mol. The molecule has 0 spiro atoms. The van der Waals surface area contributed by atoms with Crippen molar-refractivity contribution in [1.82, 2.24) is 19.5 Å². The average Bonchev–Trinajstić information content (AvgIpc) is 3.04. The van der Waals surface area contributed by atoms with Gasteiger partial charge in [0.05, 0.1) is 17.8 Å². The fraction of sp³-hybridized carbons (Fsp3) is 0.455. The van der Waals surface area contributed by atoms with Crippen LogP contribution in [-0.2, 0) is 0 Å². The number of anilines is 3. The van der Waals surface area contributed by atoms with E-state index in [1.54, 1.807) is 12.3 Å². The van der Waals surface area contributed by atoms with E-state index in [1.807, 2.05) is 18.2 Å². The Morgan fingerprint density at radius 1 is 1.17 bits per heavy atom.